The summed E-state index contributed by atoms with van der Waals surface area (Å²) in [6.45, 7) is 4.82. The lowest BCUT2D eigenvalue weighted by Gasteiger charge is -2.20. The molecule has 152 valence electrons. The van der Waals surface area contributed by atoms with E-state index in [0.29, 0.717) is 42.6 Å². The van der Waals surface area contributed by atoms with E-state index in [1.54, 1.807) is 29.2 Å². The minimum atomic E-state index is -0.395. The highest BCUT2D eigenvalue weighted by Crippen LogP contribution is 2.49. The highest BCUT2D eigenvalue weighted by molar-refractivity contribution is 5.97. The van der Waals surface area contributed by atoms with Crippen LogP contribution in [0, 0.1) is 17.8 Å². The molecule has 0 heterocycles. The first kappa shape index (κ1) is 20.4. The molecule has 0 radical (unpaired) electrons. The summed E-state index contributed by atoms with van der Waals surface area (Å²) in [6, 6.07) is 6.82. The number of hydrogen-bond acceptors (Lipinski definition) is 4. The van der Waals surface area contributed by atoms with Gasteiger partial charge in [-0.3, -0.25) is 14.4 Å². The van der Waals surface area contributed by atoms with E-state index in [2.05, 4.69) is 5.32 Å². The summed E-state index contributed by atoms with van der Waals surface area (Å²) in [5.74, 6) is 1.12. The Kier molecular flexibility index (Phi) is 6.70. The molecule has 6 heteroatoms. The molecule has 0 aromatic heterocycles. The molecule has 0 saturated heterocycles. The average Bonchev–Trinajstić information content (AvgIpc) is 3.30. The number of nitrogens with one attached hydrogen (secondary N) is 1. The lowest BCUT2D eigenvalue weighted by molar-refractivity contribution is -0.148. The lowest BCUT2D eigenvalue weighted by Crippen LogP contribution is -2.30. The maximum absolute atomic E-state index is 12.4. The van der Waals surface area contributed by atoms with Crippen LogP contribution >= 0.6 is 0 Å². The molecule has 6 nitrogen and oxygen atoms in total. The fourth-order valence-electron chi connectivity index (χ4n) is 4.67. The van der Waals surface area contributed by atoms with E-state index in [4.69, 9.17) is 4.74 Å². The van der Waals surface area contributed by atoms with Gasteiger partial charge in [-0.1, -0.05) is 12.5 Å². The second kappa shape index (κ2) is 9.22. The Balaban J connectivity index is 1.46. The van der Waals surface area contributed by atoms with Gasteiger partial charge in [-0.05, 0) is 69.1 Å². The van der Waals surface area contributed by atoms with Crippen molar-refractivity contribution in [2.45, 2.75) is 46.0 Å². The van der Waals surface area contributed by atoms with Gasteiger partial charge in [-0.2, -0.15) is 0 Å². The molecule has 2 amide bonds. The predicted octanol–water partition coefficient (Wildman–Crippen LogP) is 3.48. The van der Waals surface area contributed by atoms with Crippen molar-refractivity contribution in [1.82, 2.24) is 4.90 Å². The number of rotatable bonds is 8. The first-order valence-electron chi connectivity index (χ1n) is 10.3. The minimum absolute atomic E-state index is 0.0709. The van der Waals surface area contributed by atoms with E-state index in [1.807, 2.05) is 13.8 Å². The molecule has 2 aliphatic carbocycles. The molecule has 0 unspecified atom stereocenters. The van der Waals surface area contributed by atoms with Gasteiger partial charge in [-0.25, -0.2) is 0 Å². The Hall–Kier alpha value is -2.37. The van der Waals surface area contributed by atoms with Crippen LogP contribution in [0.2, 0.25) is 0 Å². The van der Waals surface area contributed by atoms with Crippen molar-refractivity contribution < 1.29 is 19.1 Å². The Labute approximate surface area is 166 Å². The summed E-state index contributed by atoms with van der Waals surface area (Å²) in [7, 11) is 0. The van der Waals surface area contributed by atoms with Gasteiger partial charge >= 0.3 is 5.97 Å². The summed E-state index contributed by atoms with van der Waals surface area (Å²) < 4.78 is 5.17. The van der Waals surface area contributed by atoms with Gasteiger partial charge in [0.15, 0.2) is 6.61 Å². The van der Waals surface area contributed by atoms with Gasteiger partial charge in [-0.15, -0.1) is 0 Å². The molecule has 2 aliphatic rings. The number of anilines is 1. The highest BCUT2D eigenvalue weighted by atomic mass is 16.5. The third-order valence-electron chi connectivity index (χ3n) is 6.12. The second-order valence-electron chi connectivity index (χ2n) is 7.91. The minimum Gasteiger partial charge on any atom is -0.456 e. The fraction of sp³-hybridized carbons (Fsp3) is 0.591. The Morgan fingerprint density at radius 3 is 2.57 bits per heavy atom. The summed E-state index contributed by atoms with van der Waals surface area (Å²) >= 11 is 0. The molecule has 1 N–H and O–H groups in total. The zero-order valence-electron chi connectivity index (χ0n) is 16.8. The Morgan fingerprint density at radius 1 is 1.14 bits per heavy atom. The molecule has 28 heavy (non-hydrogen) atoms. The summed E-state index contributed by atoms with van der Waals surface area (Å²) in [6.07, 6.45) is 5.32. The molecule has 0 spiro atoms. The number of hydrogen-bond donors (Lipinski definition) is 1. The SMILES string of the molecule is CCN(CC)C(=O)c1cccc(NC(=O)COC(=O)C[C@@H]2C[C@H]3CC[C@@H]2C3)c1. The first-order chi connectivity index (χ1) is 13.5. The van der Waals surface area contributed by atoms with Crippen molar-refractivity contribution in [1.29, 1.82) is 0 Å². The summed E-state index contributed by atoms with van der Waals surface area (Å²) in [5.41, 5.74) is 1.04. The Morgan fingerprint density at radius 2 is 1.93 bits per heavy atom. The Bertz CT molecular complexity index is 729. The molecule has 2 bridgehead atoms. The van der Waals surface area contributed by atoms with Crippen LogP contribution < -0.4 is 5.32 Å². The molecule has 2 saturated carbocycles. The number of benzene rings is 1. The van der Waals surface area contributed by atoms with E-state index >= 15 is 0 Å². The maximum Gasteiger partial charge on any atom is 0.306 e. The molecule has 2 fully saturated rings. The topological polar surface area (TPSA) is 75.7 Å². The number of nitrogens with zero attached hydrogens (tertiary/aromatic N) is 1. The number of ether oxygens (including phenoxy) is 1. The maximum atomic E-state index is 12.4. The smallest absolute Gasteiger partial charge is 0.306 e. The molecular weight excluding hydrogens is 356 g/mol. The quantitative estimate of drug-likeness (QED) is 0.694. The van der Waals surface area contributed by atoms with Crippen LogP contribution in [-0.4, -0.2) is 42.4 Å². The van der Waals surface area contributed by atoms with Crippen LogP contribution in [-0.2, 0) is 14.3 Å². The van der Waals surface area contributed by atoms with Crippen molar-refractivity contribution in [3.05, 3.63) is 29.8 Å². The first-order valence-corrected chi connectivity index (χ1v) is 10.3. The van der Waals surface area contributed by atoms with Crippen LogP contribution in [0.1, 0.15) is 56.3 Å². The zero-order valence-corrected chi connectivity index (χ0v) is 16.8. The third kappa shape index (κ3) is 4.91. The zero-order chi connectivity index (χ0) is 20.1. The van der Waals surface area contributed by atoms with Gasteiger partial charge in [0.1, 0.15) is 0 Å². The molecule has 1 aromatic carbocycles. The molecular formula is C22H30N2O4. The lowest BCUT2D eigenvalue weighted by atomic mass is 9.86. The standard InChI is InChI=1S/C22H30N2O4/c1-3-24(4-2)22(27)17-6-5-7-19(12-17)23-20(25)14-28-21(26)13-18-11-15-8-9-16(18)10-15/h5-7,12,15-16,18H,3-4,8-11,13-14H2,1-2H3,(H,23,25)/t15-,16+,18-/m0/s1. The van der Waals surface area contributed by atoms with Gasteiger partial charge in [0, 0.05) is 30.8 Å². The van der Waals surface area contributed by atoms with Gasteiger partial charge in [0.05, 0.1) is 0 Å². The number of esters is 1. The molecule has 1 aromatic rings. The number of carbonyl (C=O) groups excluding carboxylic acids is 3. The van der Waals surface area contributed by atoms with Crippen molar-refractivity contribution in [3.63, 3.8) is 0 Å². The van der Waals surface area contributed by atoms with E-state index in [1.165, 1.54) is 19.3 Å². The van der Waals surface area contributed by atoms with Crippen molar-refractivity contribution in [3.8, 4) is 0 Å². The van der Waals surface area contributed by atoms with Crippen LogP contribution in [0.5, 0.6) is 0 Å². The predicted molar refractivity (Wildman–Crippen MR) is 107 cm³/mol. The number of carbonyl (C=O) groups is 3. The van der Waals surface area contributed by atoms with Crippen molar-refractivity contribution in [2.75, 3.05) is 25.0 Å². The van der Waals surface area contributed by atoms with Gasteiger partial charge in [0.2, 0.25) is 0 Å². The summed E-state index contributed by atoms with van der Waals surface area (Å²) in [5, 5.41) is 2.70. The largest absolute Gasteiger partial charge is 0.456 e. The van der Waals surface area contributed by atoms with Crippen molar-refractivity contribution in [2.24, 2.45) is 17.8 Å². The van der Waals surface area contributed by atoms with Crippen molar-refractivity contribution >= 4 is 23.5 Å². The van der Waals surface area contributed by atoms with Crippen LogP contribution in [0.25, 0.3) is 0 Å². The van der Waals surface area contributed by atoms with Gasteiger partial charge < -0.3 is 15.0 Å². The monoisotopic (exact) mass is 386 g/mol. The number of amides is 2. The number of fused-ring (bicyclic) bond motifs is 2. The van der Waals surface area contributed by atoms with E-state index < -0.39 is 5.91 Å². The third-order valence-corrected chi connectivity index (χ3v) is 6.12. The molecule has 0 aliphatic heterocycles. The second-order valence-corrected chi connectivity index (χ2v) is 7.91. The van der Waals surface area contributed by atoms with E-state index in [0.717, 1.165) is 12.3 Å². The van der Waals surface area contributed by atoms with Crippen LogP contribution in [0.3, 0.4) is 0 Å². The molecule has 3 atom stereocenters. The van der Waals surface area contributed by atoms with Crippen LogP contribution in [0.15, 0.2) is 24.3 Å². The summed E-state index contributed by atoms with van der Waals surface area (Å²) in [4.78, 5) is 38.3. The average molecular weight is 386 g/mol. The van der Waals surface area contributed by atoms with E-state index in [-0.39, 0.29) is 18.5 Å². The highest BCUT2D eigenvalue weighted by Gasteiger charge is 2.40. The van der Waals surface area contributed by atoms with E-state index in [9.17, 15) is 14.4 Å². The van der Waals surface area contributed by atoms with Crippen LogP contribution in [0.4, 0.5) is 5.69 Å². The normalized spacial score (nSPS) is 22.7. The fourth-order valence-corrected chi connectivity index (χ4v) is 4.67. The molecule has 3 rings (SSSR count). The van der Waals surface area contributed by atoms with Gasteiger partial charge in [0.25, 0.3) is 11.8 Å².